The Balaban J connectivity index is 1.72. The van der Waals surface area contributed by atoms with Crippen molar-refractivity contribution < 1.29 is 13.6 Å². The molecule has 4 rings (SSSR count). The summed E-state index contributed by atoms with van der Waals surface area (Å²) in [5.41, 5.74) is 2.82. The lowest BCUT2D eigenvalue weighted by molar-refractivity contribution is 0.102. The van der Waals surface area contributed by atoms with Crippen molar-refractivity contribution in [1.82, 2.24) is 14.4 Å². The Labute approximate surface area is 134 Å². The van der Waals surface area contributed by atoms with Gasteiger partial charge in [0.05, 0.1) is 17.4 Å². The number of nitrogens with zero attached hydrogens (tertiary/aromatic N) is 2. The number of aromatic nitrogens is 3. The van der Waals surface area contributed by atoms with Crippen molar-refractivity contribution in [3.8, 4) is 0 Å². The second-order valence-corrected chi connectivity index (χ2v) is 5.54. The highest BCUT2D eigenvalue weighted by molar-refractivity contribution is 6.08. The Morgan fingerprint density at radius 3 is 2.88 bits per heavy atom. The van der Waals surface area contributed by atoms with Gasteiger partial charge < -0.3 is 10.3 Å². The average Bonchev–Trinajstić information content (AvgIpc) is 3.12. The average molecular weight is 326 g/mol. The SMILES string of the molecule is Cc1ccn2c(C(=O)Nc3c[nH]c4cc(F)c(F)cc34)cnc2c1. The molecule has 3 aromatic heterocycles. The van der Waals surface area contributed by atoms with E-state index in [0.29, 0.717) is 27.9 Å². The molecule has 3 heterocycles. The third kappa shape index (κ3) is 2.21. The second kappa shape index (κ2) is 5.16. The van der Waals surface area contributed by atoms with Crippen LogP contribution in [-0.2, 0) is 0 Å². The molecule has 0 unspecified atom stereocenters. The van der Waals surface area contributed by atoms with Gasteiger partial charge in [0.1, 0.15) is 11.3 Å². The molecular formula is C17H12F2N4O. The Bertz CT molecular complexity index is 1100. The number of amides is 1. The van der Waals surface area contributed by atoms with Gasteiger partial charge in [0.25, 0.3) is 5.91 Å². The van der Waals surface area contributed by atoms with Gasteiger partial charge in [0, 0.05) is 23.8 Å². The topological polar surface area (TPSA) is 62.2 Å². The number of halogens is 2. The van der Waals surface area contributed by atoms with Gasteiger partial charge in [-0.1, -0.05) is 0 Å². The fourth-order valence-corrected chi connectivity index (χ4v) is 2.66. The number of rotatable bonds is 2. The number of hydrogen-bond donors (Lipinski definition) is 2. The maximum Gasteiger partial charge on any atom is 0.274 e. The molecule has 1 aromatic carbocycles. The molecule has 0 fully saturated rings. The lowest BCUT2D eigenvalue weighted by Gasteiger charge is -2.04. The number of hydrogen-bond acceptors (Lipinski definition) is 2. The zero-order valence-corrected chi connectivity index (χ0v) is 12.6. The minimum Gasteiger partial charge on any atom is -0.359 e. The number of carbonyl (C=O) groups excluding carboxylic acids is 1. The van der Waals surface area contributed by atoms with E-state index in [1.54, 1.807) is 10.6 Å². The summed E-state index contributed by atoms with van der Waals surface area (Å²) < 4.78 is 28.4. The summed E-state index contributed by atoms with van der Waals surface area (Å²) in [4.78, 5) is 19.5. The van der Waals surface area contributed by atoms with Crippen LogP contribution in [0.5, 0.6) is 0 Å². The van der Waals surface area contributed by atoms with Gasteiger partial charge in [-0.3, -0.25) is 9.20 Å². The van der Waals surface area contributed by atoms with Crippen LogP contribution >= 0.6 is 0 Å². The summed E-state index contributed by atoms with van der Waals surface area (Å²) in [7, 11) is 0. The summed E-state index contributed by atoms with van der Waals surface area (Å²) in [5.74, 6) is -2.31. The van der Waals surface area contributed by atoms with Crippen LogP contribution in [0.15, 0.2) is 42.9 Å². The first-order valence-electron chi connectivity index (χ1n) is 7.24. The number of imidazole rings is 1. The molecule has 24 heavy (non-hydrogen) atoms. The molecule has 0 aliphatic rings. The van der Waals surface area contributed by atoms with Crippen molar-refractivity contribution in [3.63, 3.8) is 0 Å². The van der Waals surface area contributed by atoms with Crippen LogP contribution in [0, 0.1) is 18.6 Å². The zero-order chi connectivity index (χ0) is 16.8. The summed E-state index contributed by atoms with van der Waals surface area (Å²) in [6.45, 7) is 1.94. The molecule has 0 bridgehead atoms. The monoisotopic (exact) mass is 326 g/mol. The number of nitrogens with one attached hydrogen (secondary N) is 2. The Morgan fingerprint density at radius 1 is 1.25 bits per heavy atom. The molecule has 120 valence electrons. The molecule has 0 radical (unpaired) electrons. The van der Waals surface area contributed by atoms with Crippen LogP contribution in [-0.4, -0.2) is 20.3 Å². The number of benzene rings is 1. The third-order valence-corrected chi connectivity index (χ3v) is 3.87. The molecule has 0 aliphatic heterocycles. The van der Waals surface area contributed by atoms with E-state index in [0.717, 1.165) is 17.7 Å². The molecule has 1 amide bonds. The Hall–Kier alpha value is -3.22. The number of aryl methyl sites for hydroxylation is 1. The minimum absolute atomic E-state index is 0.349. The number of carbonyl (C=O) groups is 1. The molecule has 4 aromatic rings. The molecule has 5 nitrogen and oxygen atoms in total. The van der Waals surface area contributed by atoms with Gasteiger partial charge in [-0.05, 0) is 30.7 Å². The quantitative estimate of drug-likeness (QED) is 0.590. The molecule has 2 N–H and O–H groups in total. The molecular weight excluding hydrogens is 314 g/mol. The smallest absolute Gasteiger partial charge is 0.274 e. The van der Waals surface area contributed by atoms with Gasteiger partial charge >= 0.3 is 0 Å². The van der Waals surface area contributed by atoms with Crippen LogP contribution in [0.2, 0.25) is 0 Å². The fourth-order valence-electron chi connectivity index (χ4n) is 2.66. The summed E-state index contributed by atoms with van der Waals surface area (Å²) >= 11 is 0. The highest BCUT2D eigenvalue weighted by Crippen LogP contribution is 2.26. The lowest BCUT2D eigenvalue weighted by Crippen LogP contribution is -2.14. The van der Waals surface area contributed by atoms with Crippen LogP contribution in [0.4, 0.5) is 14.5 Å². The Kier molecular flexibility index (Phi) is 3.09. The van der Waals surface area contributed by atoms with Gasteiger partial charge in [-0.25, -0.2) is 13.8 Å². The summed E-state index contributed by atoms with van der Waals surface area (Å²) in [6, 6.07) is 5.84. The first-order chi connectivity index (χ1) is 11.5. The van der Waals surface area contributed by atoms with E-state index in [9.17, 15) is 13.6 Å². The lowest BCUT2D eigenvalue weighted by atomic mass is 10.2. The maximum atomic E-state index is 13.4. The van der Waals surface area contributed by atoms with Crippen molar-refractivity contribution in [2.75, 3.05) is 5.32 Å². The number of anilines is 1. The van der Waals surface area contributed by atoms with Crippen LogP contribution in [0.25, 0.3) is 16.6 Å². The highest BCUT2D eigenvalue weighted by atomic mass is 19.2. The van der Waals surface area contributed by atoms with E-state index in [2.05, 4.69) is 15.3 Å². The van der Waals surface area contributed by atoms with Crippen LogP contribution in [0.1, 0.15) is 16.1 Å². The maximum absolute atomic E-state index is 13.4. The zero-order valence-electron chi connectivity index (χ0n) is 12.6. The molecule has 7 heteroatoms. The normalized spacial score (nSPS) is 11.3. The molecule has 0 spiro atoms. The largest absolute Gasteiger partial charge is 0.359 e. The number of pyridine rings is 1. The predicted octanol–water partition coefficient (Wildman–Crippen LogP) is 3.65. The third-order valence-electron chi connectivity index (χ3n) is 3.87. The molecule has 0 atom stereocenters. The summed E-state index contributed by atoms with van der Waals surface area (Å²) in [5, 5.41) is 3.10. The van der Waals surface area contributed by atoms with E-state index in [1.807, 2.05) is 19.1 Å². The standard InChI is InChI=1S/C17H12F2N4O/c1-9-2-3-23-15(8-21-16(23)4-9)17(24)22-14-7-20-13-6-12(19)11(18)5-10(13)14/h2-8,20H,1H3,(H,22,24). The van der Waals surface area contributed by atoms with E-state index in [4.69, 9.17) is 0 Å². The van der Waals surface area contributed by atoms with Crippen molar-refractivity contribution in [3.05, 3.63) is 65.7 Å². The minimum atomic E-state index is -0.970. The van der Waals surface area contributed by atoms with Gasteiger partial charge in [0.2, 0.25) is 0 Å². The Morgan fingerprint density at radius 2 is 2.04 bits per heavy atom. The van der Waals surface area contributed by atoms with Crippen molar-refractivity contribution in [1.29, 1.82) is 0 Å². The predicted molar refractivity (Wildman–Crippen MR) is 86.1 cm³/mol. The molecule has 0 aliphatic carbocycles. The van der Waals surface area contributed by atoms with E-state index < -0.39 is 17.5 Å². The van der Waals surface area contributed by atoms with Crippen LogP contribution in [0.3, 0.4) is 0 Å². The van der Waals surface area contributed by atoms with Crippen molar-refractivity contribution >= 4 is 28.1 Å². The van der Waals surface area contributed by atoms with E-state index in [-0.39, 0.29) is 0 Å². The second-order valence-electron chi connectivity index (χ2n) is 5.54. The fraction of sp³-hybridized carbons (Fsp3) is 0.0588. The number of fused-ring (bicyclic) bond motifs is 2. The van der Waals surface area contributed by atoms with Crippen molar-refractivity contribution in [2.24, 2.45) is 0 Å². The molecule has 0 saturated carbocycles. The van der Waals surface area contributed by atoms with Gasteiger partial charge in [-0.2, -0.15) is 0 Å². The van der Waals surface area contributed by atoms with Crippen LogP contribution < -0.4 is 5.32 Å². The number of aromatic amines is 1. The first kappa shape index (κ1) is 14.4. The summed E-state index contributed by atoms with van der Waals surface area (Å²) in [6.07, 6.45) is 4.73. The highest BCUT2D eigenvalue weighted by Gasteiger charge is 2.15. The van der Waals surface area contributed by atoms with E-state index in [1.165, 1.54) is 12.4 Å². The first-order valence-corrected chi connectivity index (χ1v) is 7.24. The van der Waals surface area contributed by atoms with Gasteiger partial charge in [0.15, 0.2) is 11.6 Å². The molecule has 0 saturated heterocycles. The number of H-pyrrole nitrogens is 1. The van der Waals surface area contributed by atoms with Gasteiger partial charge in [-0.15, -0.1) is 0 Å². The van der Waals surface area contributed by atoms with E-state index >= 15 is 0 Å². The van der Waals surface area contributed by atoms with Crippen molar-refractivity contribution in [2.45, 2.75) is 6.92 Å².